The predicted octanol–water partition coefficient (Wildman–Crippen LogP) is -0.504. The lowest BCUT2D eigenvalue weighted by Gasteiger charge is -2.11. The van der Waals surface area contributed by atoms with Crippen LogP contribution in [-0.2, 0) is 6.54 Å². The molecule has 1 aliphatic heterocycles. The average molecular weight is 384 g/mol. The standard InChI is InChI=1S/C19H20N4O5/c1-19(27,10-24)6-5-11-3-4-13-12(9-11)17-22-14(16(20)25)15(18(26)21-2)23(17)7-8-28-13/h3-4,9,24,27H,7-8,10H2,1-2H3,(H2,20,25)(H,21,26). The maximum atomic E-state index is 12.3. The summed E-state index contributed by atoms with van der Waals surface area (Å²) >= 11 is 0. The highest BCUT2D eigenvalue weighted by Crippen LogP contribution is 2.34. The molecule has 0 saturated heterocycles. The lowest BCUT2D eigenvalue weighted by atomic mass is 10.1. The van der Waals surface area contributed by atoms with Gasteiger partial charge in [-0.05, 0) is 25.1 Å². The number of nitrogens with one attached hydrogen (secondary N) is 1. The third-order valence-corrected chi connectivity index (χ3v) is 4.22. The fraction of sp³-hybridized carbons (Fsp3) is 0.316. The van der Waals surface area contributed by atoms with Gasteiger partial charge in [-0.1, -0.05) is 11.8 Å². The van der Waals surface area contributed by atoms with Gasteiger partial charge in [-0.25, -0.2) is 4.98 Å². The van der Waals surface area contributed by atoms with Gasteiger partial charge in [-0.15, -0.1) is 0 Å². The van der Waals surface area contributed by atoms with Gasteiger partial charge < -0.3 is 30.6 Å². The van der Waals surface area contributed by atoms with Gasteiger partial charge in [0.05, 0.1) is 18.7 Å². The number of hydrogen-bond donors (Lipinski definition) is 4. The number of aliphatic hydroxyl groups is 2. The Morgan fingerprint density at radius 2 is 2.21 bits per heavy atom. The van der Waals surface area contributed by atoms with Crippen LogP contribution in [0, 0.1) is 11.8 Å². The van der Waals surface area contributed by atoms with Gasteiger partial charge in [0.25, 0.3) is 11.8 Å². The molecule has 2 amide bonds. The van der Waals surface area contributed by atoms with E-state index in [4.69, 9.17) is 15.6 Å². The van der Waals surface area contributed by atoms with Crippen molar-refractivity contribution in [3.05, 3.63) is 35.2 Å². The lowest BCUT2D eigenvalue weighted by Crippen LogP contribution is -2.26. The first-order valence-corrected chi connectivity index (χ1v) is 8.53. The molecule has 0 fully saturated rings. The Morgan fingerprint density at radius 1 is 1.46 bits per heavy atom. The summed E-state index contributed by atoms with van der Waals surface area (Å²) in [6.07, 6.45) is 0. The topological polar surface area (TPSA) is 140 Å². The molecule has 28 heavy (non-hydrogen) atoms. The molecule has 2 aromatic rings. The Kier molecular flexibility index (Phi) is 5.09. The third kappa shape index (κ3) is 3.55. The molecule has 0 radical (unpaired) electrons. The molecule has 0 aliphatic carbocycles. The zero-order valence-corrected chi connectivity index (χ0v) is 15.4. The molecular formula is C19H20N4O5. The number of fused-ring (bicyclic) bond motifs is 3. The minimum atomic E-state index is -1.53. The van der Waals surface area contributed by atoms with Crippen molar-refractivity contribution in [3.63, 3.8) is 0 Å². The van der Waals surface area contributed by atoms with Crippen molar-refractivity contribution in [2.24, 2.45) is 5.73 Å². The van der Waals surface area contributed by atoms with Crippen molar-refractivity contribution in [3.8, 4) is 29.0 Å². The van der Waals surface area contributed by atoms with E-state index in [1.165, 1.54) is 14.0 Å². The number of hydrogen-bond acceptors (Lipinski definition) is 6. The number of nitrogens with two attached hydrogens (primary N) is 1. The molecule has 0 spiro atoms. The van der Waals surface area contributed by atoms with Crippen LogP contribution >= 0.6 is 0 Å². The van der Waals surface area contributed by atoms with E-state index in [9.17, 15) is 14.7 Å². The van der Waals surface area contributed by atoms with Gasteiger partial charge in [-0.2, -0.15) is 0 Å². The van der Waals surface area contributed by atoms with E-state index < -0.39 is 24.0 Å². The summed E-state index contributed by atoms with van der Waals surface area (Å²) in [7, 11) is 1.45. The number of nitrogens with zero attached hydrogens (tertiary/aromatic N) is 2. The fourth-order valence-electron chi connectivity index (χ4n) is 2.80. The van der Waals surface area contributed by atoms with E-state index in [-0.39, 0.29) is 18.0 Å². The van der Waals surface area contributed by atoms with Crippen molar-refractivity contribution in [1.29, 1.82) is 0 Å². The molecule has 146 valence electrons. The maximum absolute atomic E-state index is 12.3. The van der Waals surface area contributed by atoms with E-state index in [2.05, 4.69) is 22.1 Å². The SMILES string of the molecule is CNC(=O)c1c(C(N)=O)nc2n1CCOc1ccc(C#CC(C)(O)CO)cc1-2. The summed E-state index contributed by atoms with van der Waals surface area (Å²) in [5.41, 5.74) is 4.90. The van der Waals surface area contributed by atoms with Gasteiger partial charge in [0, 0.05) is 12.6 Å². The third-order valence-electron chi connectivity index (χ3n) is 4.22. The number of amides is 2. The number of ether oxygens (including phenoxy) is 1. The zero-order chi connectivity index (χ0) is 20.5. The number of aromatic nitrogens is 2. The van der Waals surface area contributed by atoms with Crippen molar-refractivity contribution in [2.45, 2.75) is 19.1 Å². The normalized spacial score (nSPS) is 14.3. The van der Waals surface area contributed by atoms with Gasteiger partial charge in [0.2, 0.25) is 0 Å². The number of imidazole rings is 1. The molecule has 0 bridgehead atoms. The Bertz CT molecular complexity index is 1010. The van der Waals surface area contributed by atoms with Gasteiger partial charge in [0.1, 0.15) is 29.5 Å². The Hall–Kier alpha value is -3.35. The lowest BCUT2D eigenvalue weighted by molar-refractivity contribution is 0.0519. The van der Waals surface area contributed by atoms with Gasteiger partial charge >= 0.3 is 0 Å². The second-order valence-corrected chi connectivity index (χ2v) is 6.47. The Morgan fingerprint density at radius 3 is 2.86 bits per heavy atom. The molecule has 0 saturated carbocycles. The highest BCUT2D eigenvalue weighted by molar-refractivity contribution is 6.05. The number of benzene rings is 1. The number of primary amides is 1. The van der Waals surface area contributed by atoms with Crippen LogP contribution in [-0.4, -0.2) is 57.4 Å². The van der Waals surface area contributed by atoms with E-state index in [0.717, 1.165) is 0 Å². The van der Waals surface area contributed by atoms with Crippen LogP contribution in [0.15, 0.2) is 18.2 Å². The molecule has 5 N–H and O–H groups in total. The molecule has 9 nitrogen and oxygen atoms in total. The number of aliphatic hydroxyl groups excluding tert-OH is 1. The molecular weight excluding hydrogens is 364 g/mol. The molecule has 2 heterocycles. The quantitative estimate of drug-likeness (QED) is 0.526. The van der Waals surface area contributed by atoms with Crippen molar-refractivity contribution in [2.75, 3.05) is 20.3 Å². The van der Waals surface area contributed by atoms with E-state index in [1.54, 1.807) is 22.8 Å². The summed E-state index contributed by atoms with van der Waals surface area (Å²) in [4.78, 5) is 28.4. The molecule has 1 unspecified atom stereocenters. The smallest absolute Gasteiger partial charge is 0.270 e. The molecule has 1 aromatic carbocycles. The first-order chi connectivity index (χ1) is 13.3. The number of rotatable bonds is 3. The minimum absolute atomic E-state index is 0.0705. The Labute approximate surface area is 161 Å². The Balaban J connectivity index is 2.18. The van der Waals surface area contributed by atoms with Crippen molar-refractivity contribution >= 4 is 11.8 Å². The second-order valence-electron chi connectivity index (χ2n) is 6.47. The highest BCUT2D eigenvalue weighted by Gasteiger charge is 2.29. The van der Waals surface area contributed by atoms with Crippen LogP contribution in [0.25, 0.3) is 11.4 Å². The average Bonchev–Trinajstić information content (AvgIpc) is 2.97. The summed E-state index contributed by atoms with van der Waals surface area (Å²) in [6, 6.07) is 5.08. The van der Waals surface area contributed by atoms with Crippen LogP contribution in [0.5, 0.6) is 5.75 Å². The zero-order valence-electron chi connectivity index (χ0n) is 15.4. The molecule has 1 aromatic heterocycles. The second kappa shape index (κ2) is 7.34. The van der Waals surface area contributed by atoms with Crippen LogP contribution < -0.4 is 15.8 Å². The van der Waals surface area contributed by atoms with Gasteiger partial charge in [0.15, 0.2) is 5.69 Å². The molecule has 9 heteroatoms. The van der Waals surface area contributed by atoms with Crippen LogP contribution in [0.4, 0.5) is 0 Å². The summed E-state index contributed by atoms with van der Waals surface area (Å²) in [5, 5.41) is 21.5. The molecule has 3 rings (SSSR count). The monoisotopic (exact) mass is 384 g/mol. The highest BCUT2D eigenvalue weighted by atomic mass is 16.5. The fourth-order valence-corrected chi connectivity index (χ4v) is 2.80. The molecule has 1 aliphatic rings. The first-order valence-electron chi connectivity index (χ1n) is 8.53. The van der Waals surface area contributed by atoms with E-state index in [0.29, 0.717) is 29.2 Å². The van der Waals surface area contributed by atoms with Crippen molar-refractivity contribution < 1.29 is 24.5 Å². The largest absolute Gasteiger partial charge is 0.491 e. The van der Waals surface area contributed by atoms with Crippen LogP contribution in [0.1, 0.15) is 33.5 Å². The summed E-state index contributed by atoms with van der Waals surface area (Å²) in [5.74, 6) is 4.96. The predicted molar refractivity (Wildman–Crippen MR) is 99.7 cm³/mol. The van der Waals surface area contributed by atoms with Crippen LogP contribution in [0.2, 0.25) is 0 Å². The minimum Gasteiger partial charge on any atom is -0.491 e. The van der Waals surface area contributed by atoms with E-state index in [1.807, 2.05) is 0 Å². The molecule has 1 atom stereocenters. The number of carbonyl (C=O) groups is 2. The van der Waals surface area contributed by atoms with Gasteiger partial charge in [-0.3, -0.25) is 9.59 Å². The summed E-state index contributed by atoms with van der Waals surface area (Å²) in [6.45, 7) is 1.46. The maximum Gasteiger partial charge on any atom is 0.270 e. The van der Waals surface area contributed by atoms with Crippen molar-refractivity contribution in [1.82, 2.24) is 14.9 Å². The first kappa shape index (κ1) is 19.4. The summed E-state index contributed by atoms with van der Waals surface area (Å²) < 4.78 is 7.32. The van der Waals surface area contributed by atoms with Crippen LogP contribution in [0.3, 0.4) is 0 Å². The van der Waals surface area contributed by atoms with E-state index >= 15 is 0 Å². The number of carbonyl (C=O) groups excluding carboxylic acids is 2.